The van der Waals surface area contributed by atoms with Gasteiger partial charge in [0.1, 0.15) is 0 Å². The summed E-state index contributed by atoms with van der Waals surface area (Å²) in [6.45, 7) is 15.3. The van der Waals surface area contributed by atoms with Gasteiger partial charge in [0.05, 0.1) is 5.57 Å². The summed E-state index contributed by atoms with van der Waals surface area (Å²) in [7, 11) is 0. The van der Waals surface area contributed by atoms with Crippen LogP contribution in [0.2, 0.25) is 0 Å². The number of Topliss-reactive ketones (excluding diaryl/α,β-unsaturated/α-hetero) is 1. The number of fused-ring (bicyclic) bond motifs is 2. The van der Waals surface area contributed by atoms with Crippen molar-refractivity contribution in [3.63, 3.8) is 0 Å². The molecule has 0 unspecified atom stereocenters. The predicted octanol–water partition coefficient (Wildman–Crippen LogP) is 9.15. The van der Waals surface area contributed by atoms with Gasteiger partial charge in [-0.1, -0.05) is 121 Å². The van der Waals surface area contributed by atoms with Gasteiger partial charge in [-0.25, -0.2) is 0 Å². The summed E-state index contributed by atoms with van der Waals surface area (Å²) >= 11 is 0. The van der Waals surface area contributed by atoms with Crippen molar-refractivity contribution in [3.8, 4) is 0 Å². The quantitative estimate of drug-likeness (QED) is 0.220. The van der Waals surface area contributed by atoms with Gasteiger partial charge in [-0.3, -0.25) is 4.79 Å². The second-order valence-corrected chi connectivity index (χ2v) is 12.4. The molecule has 1 aliphatic carbocycles. The van der Waals surface area contributed by atoms with E-state index in [9.17, 15) is 4.79 Å². The van der Waals surface area contributed by atoms with E-state index in [1.165, 1.54) is 16.8 Å². The Morgan fingerprint density at radius 1 is 0.850 bits per heavy atom. The zero-order valence-electron chi connectivity index (χ0n) is 25.1. The molecule has 3 aromatic rings. The first-order valence-electron chi connectivity index (χ1n) is 15.0. The first-order chi connectivity index (χ1) is 19.2. The van der Waals surface area contributed by atoms with Crippen LogP contribution in [0.1, 0.15) is 89.5 Å². The van der Waals surface area contributed by atoms with Crippen LogP contribution in [0.25, 0.3) is 11.1 Å². The average molecular weight is 533 g/mol. The van der Waals surface area contributed by atoms with Crippen LogP contribution in [0.5, 0.6) is 0 Å². The normalized spacial score (nSPS) is 18.8. The Balaban J connectivity index is 1.66. The maximum absolute atomic E-state index is 14.6. The number of carbonyl (C=O) groups is 1. The molecule has 0 fully saturated rings. The molecule has 0 amide bonds. The number of hydrogen-bond donors (Lipinski definition) is 1. The average Bonchev–Trinajstić information content (AvgIpc) is 3.33. The molecule has 40 heavy (non-hydrogen) atoms. The Kier molecular flexibility index (Phi) is 7.77. The van der Waals surface area contributed by atoms with E-state index in [0.717, 1.165) is 72.4 Å². The molecule has 0 aromatic heterocycles. The highest BCUT2D eigenvalue weighted by atomic mass is 16.1. The molecule has 1 aliphatic heterocycles. The van der Waals surface area contributed by atoms with Gasteiger partial charge < -0.3 is 10.2 Å². The van der Waals surface area contributed by atoms with Gasteiger partial charge in [0.25, 0.3) is 0 Å². The van der Waals surface area contributed by atoms with Gasteiger partial charge in [-0.2, -0.15) is 0 Å². The van der Waals surface area contributed by atoms with Crippen LogP contribution in [0.3, 0.4) is 0 Å². The Labute approximate surface area is 241 Å². The highest BCUT2D eigenvalue weighted by molar-refractivity contribution is 6.48. The lowest BCUT2D eigenvalue weighted by Crippen LogP contribution is -2.29. The van der Waals surface area contributed by atoms with E-state index < -0.39 is 0 Å². The third kappa shape index (κ3) is 4.80. The zero-order chi connectivity index (χ0) is 28.5. The first-order valence-corrected chi connectivity index (χ1v) is 15.0. The molecule has 0 atom stereocenters. The number of hydrogen-bond acceptors (Lipinski definition) is 3. The molecular weight excluding hydrogens is 488 g/mol. The first kappa shape index (κ1) is 28.0. The van der Waals surface area contributed by atoms with Gasteiger partial charge in [-0.15, -0.1) is 0 Å². The van der Waals surface area contributed by atoms with Crippen molar-refractivity contribution >= 4 is 28.3 Å². The summed E-state index contributed by atoms with van der Waals surface area (Å²) in [5.41, 5.74) is 9.19. The molecule has 208 valence electrons. The molecule has 0 radical (unpaired) electrons. The molecule has 1 heterocycles. The van der Waals surface area contributed by atoms with Gasteiger partial charge >= 0.3 is 0 Å². The predicted molar refractivity (Wildman–Crippen MR) is 171 cm³/mol. The number of rotatable bonds is 9. The number of ketones is 1. The van der Waals surface area contributed by atoms with Gasteiger partial charge in [0.15, 0.2) is 5.78 Å². The van der Waals surface area contributed by atoms with Crippen molar-refractivity contribution in [2.24, 2.45) is 0 Å². The zero-order valence-corrected chi connectivity index (χ0v) is 25.1. The van der Waals surface area contributed by atoms with Crippen LogP contribution in [0.4, 0.5) is 11.4 Å². The Bertz CT molecular complexity index is 1470. The molecule has 3 heteroatoms. The molecule has 5 rings (SSSR count). The number of unbranched alkanes of at least 4 members (excludes halogenated alkanes) is 2. The third-order valence-corrected chi connectivity index (χ3v) is 8.63. The summed E-state index contributed by atoms with van der Waals surface area (Å²) in [4.78, 5) is 17.1. The smallest absolute Gasteiger partial charge is 0.195 e. The van der Waals surface area contributed by atoms with Crippen LogP contribution < -0.4 is 10.2 Å². The minimum absolute atomic E-state index is 0.142. The standard InChI is InChI=1S/C37H44N2O/c1-7-9-23-38-31-21-15-13-19-29(31)36(3,4)25-28-26-17-11-12-18-27(26)33(34(28)40)35-37(5,6)30-20-14-16-22-32(30)39(35)24-10-8-2/h11-22,25,38H,7-10,23-24H2,1-6H3/b28-25-,35-33+. The summed E-state index contributed by atoms with van der Waals surface area (Å²) in [6, 6.07) is 25.6. The lowest BCUT2D eigenvalue weighted by molar-refractivity contribution is -0.108. The third-order valence-electron chi connectivity index (χ3n) is 8.63. The number of benzene rings is 3. The van der Waals surface area contributed by atoms with E-state index in [1.807, 2.05) is 0 Å². The molecule has 1 N–H and O–H groups in total. The fourth-order valence-electron chi connectivity index (χ4n) is 6.55. The Morgan fingerprint density at radius 3 is 2.25 bits per heavy atom. The molecule has 0 saturated heterocycles. The van der Waals surface area contributed by atoms with E-state index in [0.29, 0.717) is 0 Å². The van der Waals surface area contributed by atoms with Crippen molar-refractivity contribution in [2.75, 3.05) is 23.3 Å². The van der Waals surface area contributed by atoms with Crippen LogP contribution >= 0.6 is 0 Å². The topological polar surface area (TPSA) is 32.3 Å². The number of nitrogens with zero attached hydrogens (tertiary/aromatic N) is 1. The van der Waals surface area contributed by atoms with Gasteiger partial charge in [0, 0.05) is 46.6 Å². The van der Waals surface area contributed by atoms with E-state index in [4.69, 9.17) is 0 Å². The highest BCUT2D eigenvalue weighted by Crippen LogP contribution is 2.53. The maximum atomic E-state index is 14.6. The number of nitrogens with one attached hydrogen (secondary N) is 1. The SMILES string of the molecule is CCCCNc1ccccc1C(C)(C)/C=C1\C(=O)/C(=C2/N(CCCC)c3ccccc3C2(C)C)c2ccccc21. The molecule has 0 bridgehead atoms. The van der Waals surface area contributed by atoms with Crippen LogP contribution in [0, 0.1) is 0 Å². The second-order valence-electron chi connectivity index (χ2n) is 12.4. The number of allylic oxidation sites excluding steroid dienone is 4. The van der Waals surface area contributed by atoms with Gasteiger partial charge in [0.2, 0.25) is 0 Å². The van der Waals surface area contributed by atoms with Crippen molar-refractivity contribution in [3.05, 3.63) is 107 Å². The maximum Gasteiger partial charge on any atom is 0.195 e. The minimum atomic E-state index is -0.343. The van der Waals surface area contributed by atoms with E-state index in [-0.39, 0.29) is 16.6 Å². The van der Waals surface area contributed by atoms with Crippen LogP contribution in [-0.2, 0) is 15.6 Å². The molecule has 0 spiro atoms. The van der Waals surface area contributed by atoms with Crippen molar-refractivity contribution < 1.29 is 4.79 Å². The molecule has 3 nitrogen and oxygen atoms in total. The lowest BCUT2D eigenvalue weighted by Gasteiger charge is -2.29. The molecular formula is C37H44N2O. The number of anilines is 2. The molecule has 2 aliphatic rings. The van der Waals surface area contributed by atoms with E-state index in [2.05, 4.69) is 131 Å². The summed E-state index contributed by atoms with van der Waals surface area (Å²) in [5.74, 6) is 0.142. The van der Waals surface area contributed by atoms with E-state index in [1.54, 1.807) is 0 Å². The van der Waals surface area contributed by atoms with Crippen molar-refractivity contribution in [1.29, 1.82) is 0 Å². The van der Waals surface area contributed by atoms with E-state index >= 15 is 0 Å². The van der Waals surface area contributed by atoms with Crippen molar-refractivity contribution in [1.82, 2.24) is 0 Å². The fourth-order valence-corrected chi connectivity index (χ4v) is 6.55. The fraction of sp³-hybridized carbons (Fsp3) is 0.378. The van der Waals surface area contributed by atoms with Crippen molar-refractivity contribution in [2.45, 2.75) is 78.1 Å². The largest absolute Gasteiger partial charge is 0.385 e. The second kappa shape index (κ2) is 11.1. The number of carbonyl (C=O) groups excluding carboxylic acids is 1. The Morgan fingerprint density at radius 2 is 1.50 bits per heavy atom. The lowest BCUT2D eigenvalue weighted by atomic mass is 9.80. The van der Waals surface area contributed by atoms with Crippen LogP contribution in [-0.4, -0.2) is 18.9 Å². The summed E-state index contributed by atoms with van der Waals surface area (Å²) in [5, 5.41) is 3.65. The summed E-state index contributed by atoms with van der Waals surface area (Å²) in [6.07, 6.45) is 6.69. The monoisotopic (exact) mass is 532 g/mol. The molecule has 3 aromatic carbocycles. The summed E-state index contributed by atoms with van der Waals surface area (Å²) < 4.78 is 0. The van der Waals surface area contributed by atoms with Gasteiger partial charge in [-0.05, 0) is 47.2 Å². The molecule has 0 saturated carbocycles. The Hall–Kier alpha value is -3.59. The van der Waals surface area contributed by atoms with Crippen LogP contribution in [0.15, 0.2) is 84.6 Å². The highest BCUT2D eigenvalue weighted by Gasteiger charge is 2.46. The number of para-hydroxylation sites is 2. The minimum Gasteiger partial charge on any atom is -0.385 e.